The monoisotopic (exact) mass is 359 g/mol. The first-order valence-electron chi connectivity index (χ1n) is 8.82. The molecule has 6 heteroatoms. The van der Waals surface area contributed by atoms with Crippen LogP contribution in [0.15, 0.2) is 24.3 Å². The molecule has 2 N–H and O–H groups in total. The number of hydrogen-bond acceptors (Lipinski definition) is 5. The van der Waals surface area contributed by atoms with Gasteiger partial charge in [-0.25, -0.2) is 4.98 Å². The molecule has 5 nitrogen and oxygen atoms in total. The Bertz CT molecular complexity index is 727. The topological polar surface area (TPSA) is 65.5 Å². The number of aryl methyl sites for hydroxylation is 2. The molecule has 1 aromatic carbocycles. The number of piperidine rings is 1. The largest absolute Gasteiger partial charge is 0.508 e. The molecular formula is C19H25N3O2S. The number of nitrogens with zero attached hydrogens (tertiary/aromatic N) is 2. The highest BCUT2D eigenvalue weighted by molar-refractivity contribution is 7.17. The second-order valence-corrected chi connectivity index (χ2v) is 7.54. The number of hydrogen-bond donors (Lipinski definition) is 2. The summed E-state index contributed by atoms with van der Waals surface area (Å²) >= 11 is 1.44. The number of aromatic hydroxyl groups is 1. The van der Waals surface area contributed by atoms with Crippen LogP contribution in [0.2, 0.25) is 0 Å². The lowest BCUT2D eigenvalue weighted by Gasteiger charge is -2.35. The van der Waals surface area contributed by atoms with E-state index in [2.05, 4.69) is 10.3 Å². The first kappa shape index (κ1) is 17.7. The minimum atomic E-state index is 0.118. The van der Waals surface area contributed by atoms with Crippen molar-refractivity contribution in [3.63, 3.8) is 0 Å². The standard InChI is InChI=1S/C19H25N3O2S/c1-13-17(25-19(20-2)21-13)18(24)22-12-4-3-5-15(22)9-6-14-7-10-16(23)11-8-14/h7-8,10-11,15,23H,3-6,9,12H2,1-2H3,(H,20,21)/t15-/m1/s1. The molecule has 0 unspecified atom stereocenters. The van der Waals surface area contributed by atoms with Crippen molar-refractivity contribution in [1.29, 1.82) is 0 Å². The molecule has 1 aliphatic heterocycles. The van der Waals surface area contributed by atoms with Crippen molar-refractivity contribution in [2.75, 3.05) is 18.9 Å². The van der Waals surface area contributed by atoms with Gasteiger partial charge in [0.25, 0.3) is 5.91 Å². The van der Waals surface area contributed by atoms with Gasteiger partial charge in [-0.1, -0.05) is 23.5 Å². The molecule has 0 saturated carbocycles. The van der Waals surface area contributed by atoms with Crippen molar-refractivity contribution in [2.45, 2.75) is 45.1 Å². The molecule has 2 aromatic rings. The summed E-state index contributed by atoms with van der Waals surface area (Å²) in [5, 5.41) is 13.2. The lowest BCUT2D eigenvalue weighted by molar-refractivity contribution is 0.0606. The average molecular weight is 359 g/mol. The van der Waals surface area contributed by atoms with E-state index in [0.717, 1.165) is 47.9 Å². The van der Waals surface area contributed by atoms with Crippen LogP contribution in [-0.2, 0) is 6.42 Å². The third-order valence-corrected chi connectivity index (χ3v) is 5.96. The summed E-state index contributed by atoms with van der Waals surface area (Å²) in [4.78, 5) is 20.3. The zero-order valence-corrected chi connectivity index (χ0v) is 15.6. The molecule has 0 aliphatic carbocycles. The molecular weight excluding hydrogens is 334 g/mol. The summed E-state index contributed by atoms with van der Waals surface area (Å²) in [6, 6.07) is 7.63. The average Bonchev–Trinajstić information content (AvgIpc) is 3.02. The minimum Gasteiger partial charge on any atom is -0.508 e. The zero-order valence-electron chi connectivity index (χ0n) is 14.8. The van der Waals surface area contributed by atoms with Gasteiger partial charge in [0.05, 0.1) is 5.69 Å². The smallest absolute Gasteiger partial charge is 0.266 e. The summed E-state index contributed by atoms with van der Waals surface area (Å²) < 4.78 is 0. The maximum Gasteiger partial charge on any atom is 0.266 e. The molecule has 134 valence electrons. The van der Waals surface area contributed by atoms with E-state index in [-0.39, 0.29) is 11.9 Å². The molecule has 1 saturated heterocycles. The van der Waals surface area contributed by atoms with Crippen molar-refractivity contribution >= 4 is 22.4 Å². The Hall–Kier alpha value is -2.08. The number of carbonyl (C=O) groups is 1. The first-order valence-corrected chi connectivity index (χ1v) is 9.64. The van der Waals surface area contributed by atoms with Crippen molar-refractivity contribution in [1.82, 2.24) is 9.88 Å². The Morgan fingerprint density at radius 1 is 1.36 bits per heavy atom. The quantitative estimate of drug-likeness (QED) is 0.852. The molecule has 3 rings (SSSR count). The van der Waals surface area contributed by atoms with Crippen LogP contribution in [0.3, 0.4) is 0 Å². The van der Waals surface area contributed by atoms with Gasteiger partial charge < -0.3 is 15.3 Å². The summed E-state index contributed by atoms with van der Waals surface area (Å²) in [6.07, 6.45) is 5.16. The number of phenolic OH excluding ortho intramolecular Hbond substituents is 1. The number of benzene rings is 1. The maximum absolute atomic E-state index is 13.1. The van der Waals surface area contributed by atoms with Gasteiger partial charge in [-0.2, -0.15) is 0 Å². The molecule has 1 aliphatic rings. The lowest BCUT2D eigenvalue weighted by atomic mass is 9.95. The van der Waals surface area contributed by atoms with Gasteiger partial charge in [0.2, 0.25) is 0 Å². The van der Waals surface area contributed by atoms with Crippen LogP contribution in [-0.4, -0.2) is 40.5 Å². The van der Waals surface area contributed by atoms with Gasteiger partial charge in [0.1, 0.15) is 10.6 Å². The van der Waals surface area contributed by atoms with Crippen LogP contribution in [0.4, 0.5) is 5.13 Å². The molecule has 25 heavy (non-hydrogen) atoms. The number of likely N-dealkylation sites (tertiary alicyclic amines) is 1. The normalized spacial score (nSPS) is 17.5. The third kappa shape index (κ3) is 4.12. The molecule has 1 fully saturated rings. The number of aromatic nitrogens is 1. The van der Waals surface area contributed by atoms with Gasteiger partial charge in [-0.3, -0.25) is 4.79 Å². The Labute approximate surface area is 152 Å². The van der Waals surface area contributed by atoms with E-state index in [1.165, 1.54) is 23.3 Å². The fourth-order valence-electron chi connectivity index (χ4n) is 3.40. The van der Waals surface area contributed by atoms with Crippen molar-refractivity contribution in [3.05, 3.63) is 40.4 Å². The second-order valence-electron chi connectivity index (χ2n) is 6.54. The lowest BCUT2D eigenvalue weighted by Crippen LogP contribution is -2.43. The van der Waals surface area contributed by atoms with Crippen molar-refractivity contribution in [2.24, 2.45) is 0 Å². The van der Waals surface area contributed by atoms with E-state index in [9.17, 15) is 9.90 Å². The first-order chi connectivity index (χ1) is 12.1. The summed E-state index contributed by atoms with van der Waals surface area (Å²) in [5.74, 6) is 0.408. The second kappa shape index (κ2) is 7.87. The zero-order chi connectivity index (χ0) is 17.8. The van der Waals surface area contributed by atoms with E-state index in [0.29, 0.717) is 5.75 Å². The Morgan fingerprint density at radius 2 is 2.12 bits per heavy atom. The Kier molecular flexibility index (Phi) is 5.58. The van der Waals surface area contributed by atoms with Crippen LogP contribution in [0, 0.1) is 6.92 Å². The van der Waals surface area contributed by atoms with Crippen LogP contribution in [0.5, 0.6) is 5.75 Å². The van der Waals surface area contributed by atoms with Crippen molar-refractivity contribution < 1.29 is 9.90 Å². The number of phenols is 1. The summed E-state index contributed by atoms with van der Waals surface area (Å²) in [6.45, 7) is 2.73. The Morgan fingerprint density at radius 3 is 2.80 bits per heavy atom. The van der Waals surface area contributed by atoms with Crippen LogP contribution in [0.25, 0.3) is 0 Å². The molecule has 0 bridgehead atoms. The minimum absolute atomic E-state index is 0.118. The number of amides is 1. The van der Waals surface area contributed by atoms with E-state index in [1.807, 2.05) is 31.0 Å². The highest BCUT2D eigenvalue weighted by Crippen LogP contribution is 2.28. The van der Waals surface area contributed by atoms with Gasteiger partial charge in [-0.15, -0.1) is 0 Å². The third-order valence-electron chi connectivity index (χ3n) is 4.80. The molecule has 1 aromatic heterocycles. The van der Waals surface area contributed by atoms with Crippen LogP contribution < -0.4 is 5.32 Å². The van der Waals surface area contributed by atoms with Crippen LogP contribution >= 0.6 is 11.3 Å². The van der Waals surface area contributed by atoms with E-state index >= 15 is 0 Å². The van der Waals surface area contributed by atoms with Crippen LogP contribution in [0.1, 0.15) is 46.6 Å². The predicted molar refractivity (Wildman–Crippen MR) is 102 cm³/mol. The highest BCUT2D eigenvalue weighted by Gasteiger charge is 2.29. The molecule has 1 atom stereocenters. The fraction of sp³-hybridized carbons (Fsp3) is 0.474. The van der Waals surface area contributed by atoms with E-state index < -0.39 is 0 Å². The maximum atomic E-state index is 13.1. The summed E-state index contributed by atoms with van der Waals surface area (Å²) in [5.41, 5.74) is 2.00. The molecule has 1 amide bonds. The Balaban J connectivity index is 1.70. The fourth-order valence-corrected chi connectivity index (χ4v) is 4.27. The summed E-state index contributed by atoms with van der Waals surface area (Å²) in [7, 11) is 1.83. The molecule has 0 radical (unpaired) electrons. The number of carbonyl (C=O) groups excluding carboxylic acids is 1. The van der Waals surface area contributed by atoms with Gasteiger partial charge in [0, 0.05) is 19.6 Å². The molecule has 2 heterocycles. The highest BCUT2D eigenvalue weighted by atomic mass is 32.1. The predicted octanol–water partition coefficient (Wildman–Crippen LogP) is 3.83. The van der Waals surface area contributed by atoms with Gasteiger partial charge in [0.15, 0.2) is 5.13 Å². The van der Waals surface area contributed by atoms with Gasteiger partial charge >= 0.3 is 0 Å². The van der Waals surface area contributed by atoms with E-state index in [4.69, 9.17) is 0 Å². The number of thiazole rings is 1. The number of nitrogens with one attached hydrogen (secondary N) is 1. The molecule has 0 spiro atoms. The SMILES string of the molecule is CNc1nc(C)c(C(=O)N2CCCC[C@@H]2CCc2ccc(O)cc2)s1. The van der Waals surface area contributed by atoms with Crippen molar-refractivity contribution in [3.8, 4) is 5.75 Å². The number of anilines is 1. The van der Waals surface area contributed by atoms with E-state index in [1.54, 1.807) is 12.1 Å². The van der Waals surface area contributed by atoms with Gasteiger partial charge in [-0.05, 0) is 56.7 Å². The number of rotatable bonds is 5.